The average Bonchev–Trinajstić information content (AvgIpc) is 1.38. The molecule has 0 aliphatic heterocycles. The molecule has 0 unspecified atom stereocenters. The Morgan fingerprint density at radius 2 is 2.20 bits per heavy atom. The minimum atomic E-state index is -0.723. The van der Waals surface area contributed by atoms with Crippen molar-refractivity contribution in [2.24, 2.45) is 0 Å². The minimum absolute atomic E-state index is 0.719. The first-order valence-corrected chi connectivity index (χ1v) is 6.68. The number of carboxylic acid groups (broad SMARTS) is 1. The van der Waals surface area contributed by atoms with Crippen molar-refractivity contribution in [2.75, 3.05) is 0 Å². The monoisotopic (exact) mass is 251 g/mol. The van der Waals surface area contributed by atoms with Crippen LogP contribution in [-0.4, -0.2) is 9.08 Å². The topological polar surface area (TPSA) is 37.3 Å². The Kier molecular flexibility index (Phi) is 3.29. The maximum absolute atomic E-state index is 9.37. The molecule has 0 aliphatic rings. The molecule has 0 rings (SSSR count). The zero-order valence-electron chi connectivity index (χ0n) is 2.11. The van der Waals surface area contributed by atoms with Crippen molar-refractivity contribution >= 4 is 16.7 Å². The fourth-order valence-corrected chi connectivity index (χ4v) is 0. The number of carbonyl (C=O) groups is 1. The zero-order chi connectivity index (χ0) is 4.28. The van der Waals surface area contributed by atoms with Crippen LogP contribution in [-0.2, 0) is 0 Å². The first kappa shape index (κ1) is 5.68. The Bertz CT molecular complexity index is 44.9. The Morgan fingerprint density at radius 1 is 2.00 bits per heavy atom. The molecule has 0 spiro atoms. The molecule has 5 heavy (non-hydrogen) atoms. The van der Waals surface area contributed by atoms with Crippen LogP contribution in [0.2, 0.25) is 0 Å². The first-order chi connectivity index (χ1) is 2.27. The van der Waals surface area contributed by atoms with Gasteiger partial charge in [0.2, 0.25) is 0 Å². The molecular formula is CHBrIO2-. The second-order valence-electron chi connectivity index (χ2n) is 0.324. The molecule has 0 aromatic heterocycles. The summed E-state index contributed by atoms with van der Waals surface area (Å²) in [6.07, 6.45) is 0. The van der Waals surface area contributed by atoms with E-state index in [1.807, 2.05) is 0 Å². The Morgan fingerprint density at radius 3 is 2.20 bits per heavy atom. The zero-order valence-corrected chi connectivity index (χ0v) is 5.85. The van der Waals surface area contributed by atoms with Gasteiger partial charge in [-0.15, -0.1) is 0 Å². The Hall–Kier alpha value is 0.680. The van der Waals surface area contributed by atoms with Gasteiger partial charge in [-0.25, -0.2) is 0 Å². The van der Waals surface area contributed by atoms with Gasteiger partial charge in [0.05, 0.1) is 0 Å². The first-order valence-electron chi connectivity index (χ1n) is 0.760. The fourth-order valence-electron chi connectivity index (χ4n) is 0. The third-order valence-corrected chi connectivity index (χ3v) is 2.13. The van der Waals surface area contributed by atoms with E-state index in [1.54, 1.807) is 0 Å². The van der Waals surface area contributed by atoms with Crippen LogP contribution < -0.4 is 19.0 Å². The molecule has 0 fully saturated rings. The molecule has 0 aromatic rings. The van der Waals surface area contributed by atoms with Crippen LogP contribution in [0.1, 0.15) is 0 Å². The summed E-state index contributed by atoms with van der Waals surface area (Å²) in [5.41, 5.74) is 0. The third-order valence-electron chi connectivity index (χ3n) is 0.0611. The van der Waals surface area contributed by atoms with E-state index in [0.717, 1.165) is 0 Å². The molecule has 2 nitrogen and oxygen atoms in total. The molecule has 0 aliphatic carbocycles. The summed E-state index contributed by atoms with van der Waals surface area (Å²) in [6.45, 7) is 0. The van der Waals surface area contributed by atoms with E-state index in [4.69, 9.17) is 5.11 Å². The quantitative estimate of drug-likeness (QED) is 0.435. The number of hydrogen-bond donors (Lipinski definition) is 1. The predicted octanol–water partition coefficient (Wildman–Crippen LogP) is -1.94. The predicted molar refractivity (Wildman–Crippen MR) is 17.0 cm³/mol. The summed E-state index contributed by atoms with van der Waals surface area (Å²) in [5.74, 6) is 0. The second-order valence-corrected chi connectivity index (χ2v) is 3.67. The van der Waals surface area contributed by atoms with Crippen molar-refractivity contribution in [3.05, 3.63) is 0 Å². The van der Waals surface area contributed by atoms with Crippen molar-refractivity contribution in [2.45, 2.75) is 0 Å². The standard InChI is InChI=1S/CHBrIO2/c2-3-1(4)5/h(H,4,5)/q-1. The van der Waals surface area contributed by atoms with Gasteiger partial charge in [0.25, 0.3) is 0 Å². The molecule has 0 radical (unpaired) electrons. The number of halogens is 2. The molecular weight excluding hydrogens is 251 g/mol. The van der Waals surface area contributed by atoms with E-state index in [-0.39, 0.29) is 0 Å². The molecule has 0 amide bonds. The van der Waals surface area contributed by atoms with Gasteiger partial charge in [-0.1, -0.05) is 0 Å². The number of hydrogen-bond acceptors (Lipinski definition) is 1. The van der Waals surface area contributed by atoms with E-state index < -0.39 is 23.0 Å². The van der Waals surface area contributed by atoms with Crippen LogP contribution in [0.25, 0.3) is 0 Å². The van der Waals surface area contributed by atoms with Gasteiger partial charge in [-0.05, 0) is 0 Å². The van der Waals surface area contributed by atoms with E-state index >= 15 is 0 Å². The van der Waals surface area contributed by atoms with Crippen LogP contribution >= 0.6 is 12.7 Å². The van der Waals surface area contributed by atoms with Crippen LogP contribution in [0.15, 0.2) is 0 Å². The molecule has 0 heterocycles. The van der Waals surface area contributed by atoms with Crippen molar-refractivity contribution in [1.82, 2.24) is 0 Å². The van der Waals surface area contributed by atoms with Crippen molar-refractivity contribution in [3.63, 3.8) is 0 Å². The summed E-state index contributed by atoms with van der Waals surface area (Å²) < 4.78 is -0.719. The van der Waals surface area contributed by atoms with Gasteiger partial charge in [-0.2, -0.15) is 0 Å². The molecule has 0 saturated heterocycles. The van der Waals surface area contributed by atoms with Crippen LogP contribution in [0.4, 0.5) is 4.79 Å². The van der Waals surface area contributed by atoms with Crippen molar-refractivity contribution in [1.29, 1.82) is 0 Å². The van der Waals surface area contributed by atoms with Crippen LogP contribution in [0.5, 0.6) is 0 Å². The molecule has 32 valence electrons. The fraction of sp³-hybridized carbons (Fsp3) is 0. The van der Waals surface area contributed by atoms with Crippen molar-refractivity contribution < 1.29 is 28.9 Å². The molecule has 0 aromatic carbocycles. The summed E-state index contributed by atoms with van der Waals surface area (Å²) in [7, 11) is 0. The molecule has 4 heteroatoms. The van der Waals surface area contributed by atoms with Crippen LogP contribution in [0, 0.1) is 0 Å². The second kappa shape index (κ2) is 2.89. The van der Waals surface area contributed by atoms with Crippen LogP contribution in [0.3, 0.4) is 0 Å². The third kappa shape index (κ3) is 4.68. The van der Waals surface area contributed by atoms with E-state index in [9.17, 15) is 4.79 Å². The summed E-state index contributed by atoms with van der Waals surface area (Å²) in [5, 5.41) is 7.72. The van der Waals surface area contributed by atoms with Crippen molar-refractivity contribution in [3.8, 4) is 0 Å². The molecule has 0 atom stereocenters. The average molecular weight is 252 g/mol. The summed E-state index contributed by atoms with van der Waals surface area (Å²) in [6, 6.07) is 0. The van der Waals surface area contributed by atoms with Gasteiger partial charge in [0.15, 0.2) is 0 Å². The summed E-state index contributed by atoms with van der Waals surface area (Å²) >= 11 is 2.10. The summed E-state index contributed by atoms with van der Waals surface area (Å²) in [4.78, 5) is 9.37. The Balaban J connectivity index is 2.85. The van der Waals surface area contributed by atoms with Gasteiger partial charge >= 0.3 is 45.5 Å². The molecule has 0 bridgehead atoms. The van der Waals surface area contributed by atoms with Gasteiger partial charge in [0.1, 0.15) is 0 Å². The maximum atomic E-state index is 9.37. The van der Waals surface area contributed by atoms with E-state index in [1.165, 1.54) is 0 Å². The SMILES string of the molecule is O=C(O)[I-]Br. The molecule has 0 saturated carbocycles. The normalized spacial score (nSPS) is 8.20. The van der Waals surface area contributed by atoms with E-state index in [2.05, 4.69) is 12.7 Å². The van der Waals surface area contributed by atoms with Gasteiger partial charge < -0.3 is 0 Å². The molecule has 1 N–H and O–H groups in total. The Labute approximate surface area is 45.6 Å². The van der Waals surface area contributed by atoms with Gasteiger partial charge in [-0.3, -0.25) is 0 Å². The number of rotatable bonds is 1. The van der Waals surface area contributed by atoms with E-state index in [0.29, 0.717) is 0 Å². The van der Waals surface area contributed by atoms with Gasteiger partial charge in [0, 0.05) is 0 Å².